The van der Waals surface area contributed by atoms with Gasteiger partial charge in [0.25, 0.3) is 0 Å². The lowest BCUT2D eigenvalue weighted by Gasteiger charge is -2.35. The molecule has 1 aliphatic rings. The van der Waals surface area contributed by atoms with Crippen molar-refractivity contribution in [3.63, 3.8) is 0 Å². The van der Waals surface area contributed by atoms with Crippen LogP contribution < -0.4 is 5.32 Å². The van der Waals surface area contributed by atoms with Gasteiger partial charge in [-0.1, -0.05) is 52.9 Å². The van der Waals surface area contributed by atoms with Crippen molar-refractivity contribution in [2.24, 2.45) is 11.8 Å². The number of hydrogen-bond donors (Lipinski definition) is 2. The highest BCUT2D eigenvalue weighted by Crippen LogP contribution is 2.30. The Hall–Kier alpha value is -0.120. The molecule has 0 radical (unpaired) electrons. The number of nitrogens with one attached hydrogen (secondary N) is 1. The third-order valence-electron chi connectivity index (χ3n) is 4.74. The molecule has 1 saturated carbocycles. The second kappa shape index (κ2) is 11.4. The lowest BCUT2D eigenvalue weighted by Crippen LogP contribution is -2.44. The van der Waals surface area contributed by atoms with E-state index in [4.69, 9.17) is 4.74 Å². The van der Waals surface area contributed by atoms with Crippen LogP contribution in [-0.4, -0.2) is 37.0 Å². The van der Waals surface area contributed by atoms with Gasteiger partial charge in [-0.15, -0.1) is 0 Å². The molecule has 0 aromatic rings. The van der Waals surface area contributed by atoms with E-state index in [2.05, 4.69) is 26.1 Å². The van der Waals surface area contributed by atoms with Crippen molar-refractivity contribution in [2.75, 3.05) is 19.8 Å². The normalized spacial score (nSPS) is 24.4. The summed E-state index contributed by atoms with van der Waals surface area (Å²) in [5.41, 5.74) is 0. The summed E-state index contributed by atoms with van der Waals surface area (Å²) in [7, 11) is 0. The minimum absolute atomic E-state index is 0.370. The first kappa shape index (κ1) is 18.9. The summed E-state index contributed by atoms with van der Waals surface area (Å²) in [6.45, 7) is 8.78. The predicted molar refractivity (Wildman–Crippen MR) is 89.6 cm³/mol. The molecule has 2 N–H and O–H groups in total. The summed E-state index contributed by atoms with van der Waals surface area (Å²) in [4.78, 5) is 0. The molecule has 0 aliphatic heterocycles. The molecule has 0 aromatic carbocycles. The van der Waals surface area contributed by atoms with Crippen LogP contribution in [0.3, 0.4) is 0 Å². The monoisotopic (exact) mass is 299 g/mol. The van der Waals surface area contributed by atoms with Crippen molar-refractivity contribution in [3.05, 3.63) is 0 Å². The van der Waals surface area contributed by atoms with Crippen molar-refractivity contribution in [2.45, 2.75) is 84.3 Å². The van der Waals surface area contributed by atoms with Crippen LogP contribution in [-0.2, 0) is 4.74 Å². The maximum Gasteiger partial charge on any atom is 0.0897 e. The van der Waals surface area contributed by atoms with E-state index < -0.39 is 0 Å². The number of ether oxygens (including phenoxy) is 1. The van der Waals surface area contributed by atoms with Crippen LogP contribution in [0.25, 0.3) is 0 Å². The van der Waals surface area contributed by atoms with E-state index in [9.17, 15) is 5.11 Å². The van der Waals surface area contributed by atoms with Crippen molar-refractivity contribution in [1.82, 2.24) is 5.32 Å². The zero-order chi connectivity index (χ0) is 15.5. The Labute approximate surface area is 131 Å². The van der Waals surface area contributed by atoms with Crippen molar-refractivity contribution < 1.29 is 9.84 Å². The van der Waals surface area contributed by atoms with Crippen LogP contribution in [0.1, 0.15) is 72.1 Å². The summed E-state index contributed by atoms with van der Waals surface area (Å²) >= 11 is 0. The van der Waals surface area contributed by atoms with Crippen LogP contribution in [0.15, 0.2) is 0 Å². The molecule has 21 heavy (non-hydrogen) atoms. The molecule has 3 nitrogen and oxygen atoms in total. The summed E-state index contributed by atoms with van der Waals surface area (Å²) in [5.74, 6) is 1.50. The minimum Gasteiger partial charge on any atom is -0.389 e. The second-order valence-electron chi connectivity index (χ2n) is 7.00. The van der Waals surface area contributed by atoms with E-state index in [1.807, 2.05) is 0 Å². The fourth-order valence-electron chi connectivity index (χ4n) is 3.41. The van der Waals surface area contributed by atoms with Gasteiger partial charge in [0.1, 0.15) is 0 Å². The SMILES string of the molecule is CCCCCCOCC(O)CNC1CCCCC1C(C)C. The van der Waals surface area contributed by atoms with E-state index >= 15 is 0 Å². The molecule has 0 spiro atoms. The van der Waals surface area contributed by atoms with Crippen LogP contribution in [0.2, 0.25) is 0 Å². The molecular formula is C18H37NO2. The zero-order valence-corrected chi connectivity index (χ0v) is 14.4. The predicted octanol–water partition coefficient (Wildman–Crippen LogP) is 3.75. The van der Waals surface area contributed by atoms with Crippen LogP contribution in [0.5, 0.6) is 0 Å². The average molecular weight is 299 g/mol. The maximum absolute atomic E-state index is 10.0. The van der Waals surface area contributed by atoms with Crippen LogP contribution in [0.4, 0.5) is 0 Å². The number of rotatable bonds is 11. The van der Waals surface area contributed by atoms with Gasteiger partial charge in [0.2, 0.25) is 0 Å². The standard InChI is InChI=1S/C18H37NO2/c1-4-5-6-9-12-21-14-16(20)13-19-18-11-8-7-10-17(18)15(2)3/h15-20H,4-14H2,1-3H3. The van der Waals surface area contributed by atoms with Crippen molar-refractivity contribution >= 4 is 0 Å². The van der Waals surface area contributed by atoms with E-state index in [0.29, 0.717) is 19.2 Å². The first-order chi connectivity index (χ1) is 10.1. The molecule has 1 fully saturated rings. The largest absolute Gasteiger partial charge is 0.389 e. The molecule has 3 heteroatoms. The molecule has 1 rings (SSSR count). The molecule has 1 aliphatic carbocycles. The Kier molecular flexibility index (Phi) is 10.3. The summed E-state index contributed by atoms with van der Waals surface area (Å²) in [6.07, 6.45) is 9.80. The van der Waals surface area contributed by atoms with E-state index in [1.54, 1.807) is 0 Å². The number of aliphatic hydroxyl groups excluding tert-OH is 1. The molecule has 3 atom stereocenters. The Bertz CT molecular complexity index is 245. The van der Waals surface area contributed by atoms with Gasteiger partial charge in [0, 0.05) is 19.2 Å². The number of aliphatic hydroxyl groups is 1. The quantitative estimate of drug-likeness (QED) is 0.571. The zero-order valence-electron chi connectivity index (χ0n) is 14.4. The third kappa shape index (κ3) is 8.18. The second-order valence-corrected chi connectivity index (χ2v) is 7.00. The molecule has 0 heterocycles. The first-order valence-electron chi connectivity index (χ1n) is 9.14. The van der Waals surface area contributed by atoms with Gasteiger partial charge in [-0.25, -0.2) is 0 Å². The van der Waals surface area contributed by atoms with Gasteiger partial charge in [-0.3, -0.25) is 0 Å². The topological polar surface area (TPSA) is 41.5 Å². The van der Waals surface area contributed by atoms with Gasteiger partial charge in [-0.2, -0.15) is 0 Å². The highest BCUT2D eigenvalue weighted by molar-refractivity contribution is 4.83. The lowest BCUT2D eigenvalue weighted by atomic mass is 9.78. The fourth-order valence-corrected chi connectivity index (χ4v) is 3.41. The molecule has 0 aromatic heterocycles. The molecular weight excluding hydrogens is 262 g/mol. The summed E-state index contributed by atoms with van der Waals surface area (Å²) in [6, 6.07) is 0.581. The van der Waals surface area contributed by atoms with Crippen LogP contribution >= 0.6 is 0 Å². The van der Waals surface area contributed by atoms with Gasteiger partial charge in [0.15, 0.2) is 0 Å². The Balaban J connectivity index is 2.09. The third-order valence-corrected chi connectivity index (χ3v) is 4.74. The van der Waals surface area contributed by atoms with Gasteiger partial charge in [0.05, 0.1) is 12.7 Å². The molecule has 0 amide bonds. The highest BCUT2D eigenvalue weighted by Gasteiger charge is 2.27. The molecule has 0 saturated heterocycles. The smallest absolute Gasteiger partial charge is 0.0897 e. The summed E-state index contributed by atoms with van der Waals surface area (Å²) < 4.78 is 5.57. The Morgan fingerprint density at radius 2 is 1.90 bits per heavy atom. The highest BCUT2D eigenvalue weighted by atomic mass is 16.5. The van der Waals surface area contributed by atoms with Gasteiger partial charge in [-0.05, 0) is 31.1 Å². The molecule has 0 bridgehead atoms. The van der Waals surface area contributed by atoms with E-state index in [1.165, 1.54) is 44.9 Å². The molecule has 126 valence electrons. The first-order valence-corrected chi connectivity index (χ1v) is 9.14. The maximum atomic E-state index is 10.0. The lowest BCUT2D eigenvalue weighted by molar-refractivity contribution is 0.0312. The van der Waals surface area contributed by atoms with Crippen molar-refractivity contribution in [1.29, 1.82) is 0 Å². The van der Waals surface area contributed by atoms with Gasteiger partial charge >= 0.3 is 0 Å². The Morgan fingerprint density at radius 3 is 2.62 bits per heavy atom. The van der Waals surface area contributed by atoms with Crippen molar-refractivity contribution in [3.8, 4) is 0 Å². The average Bonchev–Trinajstić information content (AvgIpc) is 2.49. The van der Waals surface area contributed by atoms with Crippen LogP contribution in [0, 0.1) is 11.8 Å². The van der Waals surface area contributed by atoms with E-state index in [-0.39, 0.29) is 6.10 Å². The summed E-state index contributed by atoms with van der Waals surface area (Å²) in [5, 5.41) is 13.6. The minimum atomic E-state index is -0.370. The van der Waals surface area contributed by atoms with Gasteiger partial charge < -0.3 is 15.2 Å². The molecule has 3 unspecified atom stereocenters. The number of hydrogen-bond acceptors (Lipinski definition) is 3. The van der Waals surface area contributed by atoms with E-state index in [0.717, 1.165) is 24.9 Å². The number of unbranched alkanes of at least 4 members (excludes halogenated alkanes) is 3. The fraction of sp³-hybridized carbons (Fsp3) is 1.00. The Morgan fingerprint density at radius 1 is 1.14 bits per heavy atom.